The highest BCUT2D eigenvalue weighted by atomic mass is 15.1. The SMILES string of the molecule is Cc1nc2ccccc2n1-c1ccc(-c2ccc3c(c2)-c2cc(-c4ccc5ccc6cccc7ccc4c5c67)ccc2C3(C)C)cc1. The zero-order valence-corrected chi connectivity index (χ0v) is 26.7. The van der Waals surface area contributed by atoms with Crippen LogP contribution >= 0.6 is 0 Å². The van der Waals surface area contributed by atoms with Gasteiger partial charge in [-0.3, -0.25) is 4.57 Å². The van der Waals surface area contributed by atoms with Gasteiger partial charge >= 0.3 is 0 Å². The van der Waals surface area contributed by atoms with E-state index in [1.54, 1.807) is 0 Å². The molecule has 222 valence electrons. The smallest absolute Gasteiger partial charge is 0.111 e. The molecule has 0 amide bonds. The van der Waals surface area contributed by atoms with Crippen molar-refractivity contribution in [3.8, 4) is 39.1 Å². The van der Waals surface area contributed by atoms with Gasteiger partial charge in [-0.2, -0.15) is 0 Å². The Morgan fingerprint density at radius 2 is 1.13 bits per heavy atom. The van der Waals surface area contributed by atoms with Crippen molar-refractivity contribution in [2.75, 3.05) is 0 Å². The molecule has 0 fully saturated rings. The Bertz CT molecular complexity index is 2690. The minimum absolute atomic E-state index is 0.0613. The molecule has 0 N–H and O–H groups in total. The fraction of sp³-hybridized carbons (Fsp3) is 0.0889. The van der Waals surface area contributed by atoms with Crippen LogP contribution in [-0.2, 0) is 5.41 Å². The minimum Gasteiger partial charge on any atom is -0.297 e. The Balaban J connectivity index is 1.09. The Morgan fingerprint density at radius 1 is 0.511 bits per heavy atom. The summed E-state index contributed by atoms with van der Waals surface area (Å²) in [5.74, 6) is 0.996. The van der Waals surface area contributed by atoms with Gasteiger partial charge in [0.25, 0.3) is 0 Å². The summed E-state index contributed by atoms with van der Waals surface area (Å²) in [5, 5.41) is 7.95. The molecular formula is C45H32N2. The van der Waals surface area contributed by atoms with Crippen LogP contribution in [0, 0.1) is 6.92 Å². The van der Waals surface area contributed by atoms with Gasteiger partial charge in [-0.05, 0) is 120 Å². The molecule has 9 aromatic rings. The zero-order chi connectivity index (χ0) is 31.4. The normalized spacial score (nSPS) is 13.6. The van der Waals surface area contributed by atoms with E-state index in [-0.39, 0.29) is 5.41 Å². The molecular weight excluding hydrogens is 569 g/mol. The Kier molecular flexibility index (Phi) is 5.30. The Labute approximate surface area is 273 Å². The second-order valence-electron chi connectivity index (χ2n) is 13.6. The number of aromatic nitrogens is 2. The summed E-state index contributed by atoms with van der Waals surface area (Å²) in [6.45, 7) is 6.80. The predicted molar refractivity (Wildman–Crippen MR) is 198 cm³/mol. The molecule has 0 radical (unpaired) electrons. The molecule has 1 aromatic heterocycles. The lowest BCUT2D eigenvalue weighted by molar-refractivity contribution is 0.660. The average molecular weight is 601 g/mol. The number of nitrogens with zero attached hydrogens (tertiary/aromatic N) is 2. The summed E-state index contributed by atoms with van der Waals surface area (Å²) in [4.78, 5) is 4.77. The third-order valence-electron chi connectivity index (χ3n) is 10.7. The maximum atomic E-state index is 4.77. The minimum atomic E-state index is -0.0613. The molecule has 0 saturated carbocycles. The number of imidazole rings is 1. The van der Waals surface area contributed by atoms with Gasteiger partial charge < -0.3 is 0 Å². The van der Waals surface area contributed by atoms with Crippen LogP contribution in [0.15, 0.2) is 140 Å². The summed E-state index contributed by atoms with van der Waals surface area (Å²) >= 11 is 0. The zero-order valence-electron chi connectivity index (χ0n) is 26.7. The van der Waals surface area contributed by atoms with E-state index in [9.17, 15) is 0 Å². The van der Waals surface area contributed by atoms with Gasteiger partial charge in [-0.25, -0.2) is 4.98 Å². The molecule has 0 unspecified atom stereocenters. The second kappa shape index (κ2) is 9.40. The highest BCUT2D eigenvalue weighted by Gasteiger charge is 2.35. The number of hydrogen-bond donors (Lipinski definition) is 0. The standard InChI is InChI=1S/C45H32N2/c1-27-46-41-9-4-5-10-42(41)47(27)34-19-13-28(14-20-34)32-17-23-39-37(25-32)38-26-33(18-24-40(38)45(39,2)3)35-21-15-31-12-11-29-7-6-8-30-16-22-36(35)44(31)43(29)30/h4-26H,1-3H3. The number of benzene rings is 8. The van der Waals surface area contributed by atoms with Gasteiger partial charge in [0.2, 0.25) is 0 Å². The molecule has 2 heteroatoms. The third kappa shape index (κ3) is 3.70. The number of hydrogen-bond acceptors (Lipinski definition) is 1. The first kappa shape index (κ1) is 26.5. The lowest BCUT2D eigenvalue weighted by atomic mass is 9.81. The van der Waals surface area contributed by atoms with E-state index in [1.165, 1.54) is 76.8 Å². The average Bonchev–Trinajstić information content (AvgIpc) is 3.56. The van der Waals surface area contributed by atoms with E-state index in [0.717, 1.165) is 22.5 Å². The van der Waals surface area contributed by atoms with Gasteiger partial charge in [0.1, 0.15) is 5.82 Å². The van der Waals surface area contributed by atoms with E-state index < -0.39 is 0 Å². The molecule has 0 saturated heterocycles. The fourth-order valence-corrected chi connectivity index (χ4v) is 8.38. The van der Waals surface area contributed by atoms with Crippen LogP contribution < -0.4 is 0 Å². The molecule has 1 aliphatic carbocycles. The monoisotopic (exact) mass is 600 g/mol. The van der Waals surface area contributed by atoms with Crippen LogP contribution in [0.4, 0.5) is 0 Å². The van der Waals surface area contributed by atoms with Crippen LogP contribution in [0.2, 0.25) is 0 Å². The van der Waals surface area contributed by atoms with E-state index in [4.69, 9.17) is 4.98 Å². The van der Waals surface area contributed by atoms with Crippen molar-refractivity contribution in [2.24, 2.45) is 0 Å². The summed E-state index contributed by atoms with van der Waals surface area (Å²) in [5.41, 5.74) is 13.7. The van der Waals surface area contributed by atoms with Crippen molar-refractivity contribution in [1.82, 2.24) is 9.55 Å². The molecule has 10 rings (SSSR count). The maximum absolute atomic E-state index is 4.77. The molecule has 2 nitrogen and oxygen atoms in total. The summed E-state index contributed by atoms with van der Waals surface area (Å²) < 4.78 is 2.24. The lowest BCUT2D eigenvalue weighted by Gasteiger charge is -2.22. The first-order valence-corrected chi connectivity index (χ1v) is 16.5. The molecule has 0 spiro atoms. The number of fused-ring (bicyclic) bond motifs is 4. The Hall–Kier alpha value is -5.73. The van der Waals surface area contributed by atoms with Crippen LogP contribution in [0.3, 0.4) is 0 Å². The van der Waals surface area contributed by atoms with Gasteiger partial charge in [0, 0.05) is 11.1 Å². The van der Waals surface area contributed by atoms with E-state index in [1.807, 2.05) is 6.07 Å². The lowest BCUT2D eigenvalue weighted by Crippen LogP contribution is -2.14. The highest BCUT2D eigenvalue weighted by Crippen LogP contribution is 2.51. The second-order valence-corrected chi connectivity index (χ2v) is 13.6. The van der Waals surface area contributed by atoms with Crippen LogP contribution in [0.25, 0.3) is 82.4 Å². The van der Waals surface area contributed by atoms with E-state index in [0.29, 0.717) is 0 Å². The number of para-hydroxylation sites is 2. The summed E-state index contributed by atoms with van der Waals surface area (Å²) in [6, 6.07) is 51.8. The van der Waals surface area contributed by atoms with Crippen molar-refractivity contribution in [2.45, 2.75) is 26.2 Å². The number of aryl methyl sites for hydroxylation is 1. The molecule has 1 heterocycles. The van der Waals surface area contributed by atoms with Crippen LogP contribution in [0.5, 0.6) is 0 Å². The molecule has 0 bridgehead atoms. The molecule has 47 heavy (non-hydrogen) atoms. The topological polar surface area (TPSA) is 17.8 Å². The molecule has 0 aliphatic heterocycles. The van der Waals surface area contributed by atoms with Crippen LogP contribution in [-0.4, -0.2) is 9.55 Å². The van der Waals surface area contributed by atoms with Crippen molar-refractivity contribution >= 4 is 43.4 Å². The molecule has 1 aliphatic rings. The number of rotatable bonds is 3. The first-order valence-electron chi connectivity index (χ1n) is 16.5. The van der Waals surface area contributed by atoms with Gasteiger partial charge in [0.15, 0.2) is 0 Å². The van der Waals surface area contributed by atoms with Gasteiger partial charge in [-0.1, -0.05) is 117 Å². The van der Waals surface area contributed by atoms with E-state index in [2.05, 4.69) is 159 Å². The third-order valence-corrected chi connectivity index (χ3v) is 10.7. The van der Waals surface area contributed by atoms with Crippen molar-refractivity contribution < 1.29 is 0 Å². The summed E-state index contributed by atoms with van der Waals surface area (Å²) in [7, 11) is 0. The predicted octanol–water partition coefficient (Wildman–Crippen LogP) is 11.9. The molecule has 8 aromatic carbocycles. The fourth-order valence-electron chi connectivity index (χ4n) is 8.38. The quantitative estimate of drug-likeness (QED) is 0.184. The summed E-state index contributed by atoms with van der Waals surface area (Å²) in [6.07, 6.45) is 0. The first-order chi connectivity index (χ1) is 23.0. The van der Waals surface area contributed by atoms with Gasteiger partial charge in [0.05, 0.1) is 11.0 Å². The van der Waals surface area contributed by atoms with Crippen molar-refractivity contribution in [3.05, 3.63) is 156 Å². The van der Waals surface area contributed by atoms with Crippen molar-refractivity contribution in [3.63, 3.8) is 0 Å². The van der Waals surface area contributed by atoms with E-state index >= 15 is 0 Å². The van der Waals surface area contributed by atoms with Crippen LogP contribution in [0.1, 0.15) is 30.8 Å². The van der Waals surface area contributed by atoms with Crippen molar-refractivity contribution in [1.29, 1.82) is 0 Å². The highest BCUT2D eigenvalue weighted by molar-refractivity contribution is 6.25. The largest absolute Gasteiger partial charge is 0.297 e. The van der Waals surface area contributed by atoms with Gasteiger partial charge in [-0.15, -0.1) is 0 Å². The Morgan fingerprint density at radius 3 is 1.89 bits per heavy atom. The maximum Gasteiger partial charge on any atom is 0.111 e. The molecule has 0 atom stereocenters.